The Kier molecular flexibility index (Phi) is 4.41. The lowest BCUT2D eigenvalue weighted by molar-refractivity contribution is 0.0973. The summed E-state index contributed by atoms with van der Waals surface area (Å²) >= 11 is 1.45. The molecule has 0 fully saturated rings. The molecule has 142 valence electrons. The number of aromatic nitrogens is 7. The Hall–Kier alpha value is -3.72. The number of benzene rings is 1. The fourth-order valence-corrected chi connectivity index (χ4v) is 3.71. The van der Waals surface area contributed by atoms with E-state index in [1.807, 2.05) is 48.6 Å². The molecule has 8 nitrogen and oxygen atoms in total. The first-order valence-electron chi connectivity index (χ1n) is 9.04. The molecule has 0 bridgehead atoms. The van der Waals surface area contributed by atoms with Gasteiger partial charge in [-0.25, -0.2) is 9.97 Å². The number of imidazole rings is 1. The molecule has 1 N–H and O–H groups in total. The zero-order valence-electron chi connectivity index (χ0n) is 15.2. The summed E-state index contributed by atoms with van der Waals surface area (Å²) in [5, 5.41) is 13.7. The highest BCUT2D eigenvalue weighted by Crippen LogP contribution is 2.18. The van der Waals surface area contributed by atoms with Crippen LogP contribution < -0.4 is 0 Å². The summed E-state index contributed by atoms with van der Waals surface area (Å²) in [6, 6.07) is 13.7. The molecule has 4 aromatic heterocycles. The van der Waals surface area contributed by atoms with Crippen LogP contribution in [0.15, 0.2) is 48.7 Å². The minimum Gasteiger partial charge on any atom is -0.334 e. The third kappa shape index (κ3) is 3.55. The van der Waals surface area contributed by atoms with Gasteiger partial charge in [-0.15, -0.1) is 10.2 Å². The van der Waals surface area contributed by atoms with Gasteiger partial charge in [0.25, 0.3) is 0 Å². The predicted molar refractivity (Wildman–Crippen MR) is 111 cm³/mol. The number of carbonyl (C=O) groups excluding carboxylic acids is 1. The van der Waals surface area contributed by atoms with Crippen LogP contribution in [-0.4, -0.2) is 40.5 Å². The topological polar surface area (TPSA) is 102 Å². The summed E-state index contributed by atoms with van der Waals surface area (Å²) in [6.07, 6.45) is 6.29. The maximum Gasteiger partial charge on any atom is 0.234 e. The molecule has 5 rings (SSSR count). The van der Waals surface area contributed by atoms with E-state index < -0.39 is 0 Å². The molecule has 0 saturated heterocycles. The fraction of sp³-hybridized carbons (Fsp3) is 0.100. The molecule has 0 aliphatic heterocycles. The molecule has 5 aromatic rings. The fourth-order valence-electron chi connectivity index (χ4n) is 2.95. The lowest BCUT2D eigenvalue weighted by Gasteiger charge is -1.96. The van der Waals surface area contributed by atoms with Crippen molar-refractivity contribution in [3.8, 4) is 0 Å². The van der Waals surface area contributed by atoms with Gasteiger partial charge in [0, 0.05) is 19.0 Å². The van der Waals surface area contributed by atoms with Crippen molar-refractivity contribution in [3.05, 3.63) is 70.9 Å². The van der Waals surface area contributed by atoms with Crippen molar-refractivity contribution >= 4 is 45.4 Å². The minimum atomic E-state index is -0.0980. The van der Waals surface area contributed by atoms with Crippen molar-refractivity contribution in [3.63, 3.8) is 0 Å². The molecule has 0 aliphatic rings. The van der Waals surface area contributed by atoms with E-state index >= 15 is 0 Å². The second-order valence-corrected chi connectivity index (χ2v) is 7.37. The molecule has 0 radical (unpaired) electrons. The number of Topliss-reactive ketones (excluding diaryl/α,β-unsaturated/α-hetero) is 1. The number of hydrogen-bond donors (Lipinski definition) is 1. The number of aryl methyl sites for hydroxylation is 1. The average molecular weight is 401 g/mol. The number of aromatic amines is 1. The van der Waals surface area contributed by atoms with E-state index in [-0.39, 0.29) is 12.2 Å². The third-order valence-electron chi connectivity index (χ3n) is 4.39. The smallest absolute Gasteiger partial charge is 0.234 e. The number of hydrogen-bond acceptors (Lipinski definition) is 7. The van der Waals surface area contributed by atoms with Gasteiger partial charge in [-0.2, -0.15) is 9.61 Å². The first kappa shape index (κ1) is 17.4. The van der Waals surface area contributed by atoms with Crippen molar-refractivity contribution < 1.29 is 4.79 Å². The zero-order valence-corrected chi connectivity index (χ0v) is 16.0. The van der Waals surface area contributed by atoms with Crippen LogP contribution in [0.3, 0.4) is 0 Å². The lowest BCUT2D eigenvalue weighted by atomic mass is 10.2. The summed E-state index contributed by atoms with van der Waals surface area (Å²) in [7, 11) is 0. The number of rotatable bonds is 6. The maximum absolute atomic E-state index is 12.5. The van der Waals surface area contributed by atoms with Gasteiger partial charge in [0.05, 0.1) is 5.52 Å². The molecule has 0 spiro atoms. The Morgan fingerprint density at radius 2 is 2.00 bits per heavy atom. The van der Waals surface area contributed by atoms with Crippen LogP contribution >= 0.6 is 11.3 Å². The van der Waals surface area contributed by atoms with Gasteiger partial charge in [-0.3, -0.25) is 4.79 Å². The van der Waals surface area contributed by atoms with Gasteiger partial charge < -0.3 is 4.98 Å². The Bertz CT molecular complexity index is 1300. The van der Waals surface area contributed by atoms with Crippen LogP contribution in [0.5, 0.6) is 0 Å². The van der Waals surface area contributed by atoms with Gasteiger partial charge in [0.15, 0.2) is 23.1 Å². The summed E-state index contributed by atoms with van der Waals surface area (Å²) < 4.78 is 1.70. The number of ketones is 1. The first-order chi connectivity index (χ1) is 14.3. The number of carbonyl (C=O) groups is 1. The Morgan fingerprint density at radius 1 is 1.10 bits per heavy atom. The molecule has 0 amide bonds. The number of pyridine rings is 1. The van der Waals surface area contributed by atoms with Crippen LogP contribution in [0.1, 0.15) is 33.4 Å². The second kappa shape index (κ2) is 7.36. The predicted octanol–water partition coefficient (Wildman–Crippen LogP) is 3.44. The molecule has 4 heterocycles. The molecule has 0 saturated carbocycles. The average Bonchev–Trinajstić information content (AvgIpc) is 3.45. The molecule has 1 aromatic carbocycles. The summed E-state index contributed by atoms with van der Waals surface area (Å²) in [5.41, 5.74) is 2.38. The molecular formula is C20H15N7OS. The summed E-state index contributed by atoms with van der Waals surface area (Å²) in [5.74, 6) is 0.863. The van der Waals surface area contributed by atoms with E-state index in [4.69, 9.17) is 0 Å². The Labute approximate surface area is 169 Å². The minimum absolute atomic E-state index is 0.0980. The molecular weight excluding hydrogens is 386 g/mol. The van der Waals surface area contributed by atoms with Crippen molar-refractivity contribution in [1.82, 2.24) is 34.8 Å². The van der Waals surface area contributed by atoms with E-state index in [0.717, 1.165) is 16.1 Å². The molecule has 9 heteroatoms. The maximum atomic E-state index is 12.5. The second-order valence-electron chi connectivity index (χ2n) is 6.38. The van der Waals surface area contributed by atoms with Crippen molar-refractivity contribution in [2.24, 2.45) is 0 Å². The van der Waals surface area contributed by atoms with E-state index in [1.54, 1.807) is 16.8 Å². The molecule has 0 unspecified atom stereocenters. The molecule has 0 aliphatic carbocycles. The molecule has 0 atom stereocenters. The van der Waals surface area contributed by atoms with Gasteiger partial charge in [-0.05, 0) is 23.8 Å². The number of fused-ring (bicyclic) bond motifs is 2. The van der Waals surface area contributed by atoms with Gasteiger partial charge in [0.1, 0.15) is 5.01 Å². The highest BCUT2D eigenvalue weighted by molar-refractivity contribution is 7.17. The van der Waals surface area contributed by atoms with E-state index in [2.05, 4.69) is 30.2 Å². The highest BCUT2D eigenvalue weighted by Gasteiger charge is 2.16. The zero-order chi connectivity index (χ0) is 19.6. The van der Waals surface area contributed by atoms with Crippen LogP contribution in [0.4, 0.5) is 0 Å². The van der Waals surface area contributed by atoms with Crippen LogP contribution in [0, 0.1) is 0 Å². The SMILES string of the molecule is O=C(CCc1nnc2sc(/C=C/c3ccccc3)nn12)c1nc2ncccc2[nH]1. The monoisotopic (exact) mass is 401 g/mol. The lowest BCUT2D eigenvalue weighted by Crippen LogP contribution is -2.06. The number of H-pyrrole nitrogens is 1. The van der Waals surface area contributed by atoms with Gasteiger partial charge >= 0.3 is 0 Å². The van der Waals surface area contributed by atoms with Gasteiger partial charge in [0.2, 0.25) is 4.96 Å². The number of nitrogens with zero attached hydrogens (tertiary/aromatic N) is 6. The van der Waals surface area contributed by atoms with Crippen LogP contribution in [0.2, 0.25) is 0 Å². The Morgan fingerprint density at radius 3 is 2.86 bits per heavy atom. The third-order valence-corrected chi connectivity index (χ3v) is 5.25. The van der Waals surface area contributed by atoms with Crippen LogP contribution in [-0.2, 0) is 6.42 Å². The highest BCUT2D eigenvalue weighted by atomic mass is 32.1. The van der Waals surface area contributed by atoms with Gasteiger partial charge in [-0.1, -0.05) is 47.7 Å². The van der Waals surface area contributed by atoms with E-state index in [0.29, 0.717) is 28.7 Å². The first-order valence-corrected chi connectivity index (χ1v) is 9.86. The summed E-state index contributed by atoms with van der Waals surface area (Å²) in [4.78, 5) is 24.6. The largest absolute Gasteiger partial charge is 0.334 e. The summed E-state index contributed by atoms with van der Waals surface area (Å²) in [6.45, 7) is 0. The normalized spacial score (nSPS) is 11.7. The van der Waals surface area contributed by atoms with Crippen molar-refractivity contribution in [2.45, 2.75) is 12.8 Å². The Balaban J connectivity index is 1.31. The van der Waals surface area contributed by atoms with Crippen LogP contribution in [0.25, 0.3) is 28.3 Å². The van der Waals surface area contributed by atoms with E-state index in [9.17, 15) is 4.79 Å². The van der Waals surface area contributed by atoms with Crippen molar-refractivity contribution in [1.29, 1.82) is 0 Å². The standard InChI is InChI=1S/C20H15N7OS/c28-15(19-22-14-7-4-12-21-18(14)23-19)9-10-16-24-25-20-27(16)26-17(29-20)11-8-13-5-2-1-3-6-13/h1-8,11-12H,9-10H2,(H,21,22,23)/b11-8+. The quantitative estimate of drug-likeness (QED) is 0.437. The number of nitrogens with one attached hydrogen (secondary N) is 1. The molecule has 29 heavy (non-hydrogen) atoms. The van der Waals surface area contributed by atoms with Crippen molar-refractivity contribution in [2.75, 3.05) is 0 Å². The van der Waals surface area contributed by atoms with E-state index in [1.165, 1.54) is 11.3 Å².